The molecule has 0 radical (unpaired) electrons. The number of halogens is 4. The third-order valence-electron chi connectivity index (χ3n) is 4.30. The highest BCUT2D eigenvalue weighted by Crippen LogP contribution is 2.27. The molecular weight excluding hydrogens is 432 g/mol. The summed E-state index contributed by atoms with van der Waals surface area (Å²) in [4.78, 5) is 8.90. The molecule has 0 fully saturated rings. The molecule has 0 saturated carbocycles. The lowest BCUT2D eigenvalue weighted by atomic mass is 10.0. The molecule has 172 valence electrons. The number of carbonyl (C=O) groups is 1. The Balaban J connectivity index is 0.000000451. The van der Waals surface area contributed by atoms with Gasteiger partial charge in [-0.05, 0) is 67.6 Å². The summed E-state index contributed by atoms with van der Waals surface area (Å²) in [7, 11) is 1.90. The van der Waals surface area contributed by atoms with E-state index in [0.29, 0.717) is 18.0 Å². The predicted octanol–water partition coefficient (Wildman–Crippen LogP) is 3.73. The largest absolute Gasteiger partial charge is 0.490 e. The number of likely N-dealkylation sites (N-methyl/N-ethyl adjacent to an activating group) is 1. The van der Waals surface area contributed by atoms with E-state index in [1.165, 1.54) is 12.1 Å². The lowest BCUT2D eigenvalue weighted by molar-refractivity contribution is -0.192. The summed E-state index contributed by atoms with van der Waals surface area (Å²) >= 11 is 0. The molecule has 1 heterocycles. The fraction of sp³-hybridized carbons (Fsp3) is 0.238. The Labute approximate surface area is 181 Å². The topological polar surface area (TPSA) is 113 Å². The Morgan fingerprint density at radius 1 is 1.16 bits per heavy atom. The number of rotatable bonds is 7. The molecule has 3 rings (SSSR count). The predicted molar refractivity (Wildman–Crippen MR) is 110 cm³/mol. The molecule has 0 aliphatic carbocycles. The number of benzene rings is 2. The second kappa shape index (κ2) is 11.3. The van der Waals surface area contributed by atoms with Gasteiger partial charge in [0.1, 0.15) is 17.3 Å². The molecule has 1 unspecified atom stereocenters. The van der Waals surface area contributed by atoms with Crippen LogP contribution in [0.1, 0.15) is 5.56 Å². The standard InChI is InChI=1S/C19H21FN4O.C2HF3O2/c1-22-16(11-21)10-14-12-23-24-19(14)13-2-6-17(7-3-13)25-18-8-4-15(20)5-9-18;3-2(4,5)1(6)7/h2-9,12,16,22H,10-11,21H2,1H3,(H,23,24);(H,6,7). The molecule has 11 heteroatoms. The zero-order valence-electron chi connectivity index (χ0n) is 17.0. The van der Waals surface area contributed by atoms with E-state index >= 15 is 0 Å². The maximum Gasteiger partial charge on any atom is 0.490 e. The molecule has 1 aromatic heterocycles. The summed E-state index contributed by atoms with van der Waals surface area (Å²) < 4.78 is 50.4. The molecule has 0 aliphatic heterocycles. The number of hydrogen-bond donors (Lipinski definition) is 4. The van der Waals surface area contributed by atoms with Crippen LogP contribution >= 0.6 is 0 Å². The van der Waals surface area contributed by atoms with Gasteiger partial charge in [-0.25, -0.2) is 9.18 Å². The highest BCUT2D eigenvalue weighted by Gasteiger charge is 2.38. The molecule has 1 atom stereocenters. The van der Waals surface area contributed by atoms with Crippen LogP contribution < -0.4 is 15.8 Å². The molecule has 0 amide bonds. The van der Waals surface area contributed by atoms with E-state index in [4.69, 9.17) is 20.4 Å². The second-order valence-electron chi connectivity index (χ2n) is 6.57. The number of carboxylic acid groups (broad SMARTS) is 1. The van der Waals surface area contributed by atoms with E-state index in [-0.39, 0.29) is 11.9 Å². The monoisotopic (exact) mass is 454 g/mol. The molecule has 0 aliphatic rings. The van der Waals surface area contributed by atoms with Crippen LogP contribution in [0.15, 0.2) is 54.7 Å². The van der Waals surface area contributed by atoms with Crippen molar-refractivity contribution in [3.05, 3.63) is 66.1 Å². The smallest absolute Gasteiger partial charge is 0.475 e. The van der Waals surface area contributed by atoms with Gasteiger partial charge >= 0.3 is 12.1 Å². The number of nitrogens with zero attached hydrogens (tertiary/aromatic N) is 1. The second-order valence-corrected chi connectivity index (χ2v) is 6.57. The van der Waals surface area contributed by atoms with Gasteiger partial charge in [-0.2, -0.15) is 18.3 Å². The highest BCUT2D eigenvalue weighted by molar-refractivity contribution is 5.73. The molecule has 2 aromatic carbocycles. The summed E-state index contributed by atoms with van der Waals surface area (Å²) in [6.45, 7) is 0.561. The van der Waals surface area contributed by atoms with Crippen LogP contribution in [0.25, 0.3) is 11.3 Å². The minimum Gasteiger partial charge on any atom is -0.475 e. The van der Waals surface area contributed by atoms with E-state index in [1.807, 2.05) is 37.5 Å². The van der Waals surface area contributed by atoms with E-state index in [0.717, 1.165) is 23.2 Å². The van der Waals surface area contributed by atoms with Crippen LogP contribution in [0.5, 0.6) is 11.5 Å². The lowest BCUT2D eigenvalue weighted by Gasteiger charge is -2.13. The van der Waals surface area contributed by atoms with Crippen LogP contribution in [0.4, 0.5) is 17.6 Å². The number of ether oxygens (including phenoxy) is 1. The fourth-order valence-corrected chi connectivity index (χ4v) is 2.61. The number of alkyl halides is 3. The average Bonchev–Trinajstić information content (AvgIpc) is 3.22. The van der Waals surface area contributed by atoms with Crippen LogP contribution in [-0.4, -0.2) is 47.1 Å². The molecule has 3 aromatic rings. The SMILES string of the molecule is CNC(CN)Cc1c[nH]nc1-c1ccc(Oc2ccc(F)cc2)cc1.O=C(O)C(F)(F)F. The first-order valence-corrected chi connectivity index (χ1v) is 9.38. The number of aromatic nitrogens is 2. The number of nitrogens with one attached hydrogen (secondary N) is 2. The average molecular weight is 454 g/mol. The van der Waals surface area contributed by atoms with Gasteiger partial charge in [0.15, 0.2) is 0 Å². The zero-order chi connectivity index (χ0) is 23.7. The van der Waals surface area contributed by atoms with Crippen molar-refractivity contribution >= 4 is 5.97 Å². The van der Waals surface area contributed by atoms with E-state index in [2.05, 4.69) is 15.5 Å². The first-order chi connectivity index (χ1) is 15.1. The summed E-state index contributed by atoms with van der Waals surface area (Å²) in [5.41, 5.74) is 8.77. The third kappa shape index (κ3) is 7.36. The van der Waals surface area contributed by atoms with Crippen LogP contribution in [0.2, 0.25) is 0 Å². The van der Waals surface area contributed by atoms with Crippen LogP contribution in [0.3, 0.4) is 0 Å². The number of hydrogen-bond acceptors (Lipinski definition) is 5. The Hall–Kier alpha value is -3.44. The van der Waals surface area contributed by atoms with Crippen molar-refractivity contribution < 1.29 is 32.2 Å². The van der Waals surface area contributed by atoms with Crippen molar-refractivity contribution in [2.45, 2.75) is 18.6 Å². The molecule has 0 spiro atoms. The molecule has 5 N–H and O–H groups in total. The van der Waals surface area contributed by atoms with Gasteiger partial charge in [-0.15, -0.1) is 0 Å². The Morgan fingerprint density at radius 3 is 2.16 bits per heavy atom. The Bertz CT molecular complexity index is 986. The zero-order valence-corrected chi connectivity index (χ0v) is 17.0. The number of carboxylic acids is 1. The lowest BCUT2D eigenvalue weighted by Crippen LogP contribution is -2.35. The molecule has 0 saturated heterocycles. The normalized spacial score (nSPS) is 11.9. The van der Waals surface area contributed by atoms with Gasteiger partial charge in [0.2, 0.25) is 0 Å². The maximum atomic E-state index is 12.9. The van der Waals surface area contributed by atoms with E-state index < -0.39 is 12.1 Å². The van der Waals surface area contributed by atoms with E-state index in [9.17, 15) is 17.6 Å². The van der Waals surface area contributed by atoms with Crippen molar-refractivity contribution in [2.24, 2.45) is 5.73 Å². The van der Waals surface area contributed by atoms with Crippen molar-refractivity contribution in [1.82, 2.24) is 15.5 Å². The third-order valence-corrected chi connectivity index (χ3v) is 4.30. The van der Waals surface area contributed by atoms with Gasteiger partial charge < -0.3 is 20.9 Å². The molecule has 7 nitrogen and oxygen atoms in total. The highest BCUT2D eigenvalue weighted by atomic mass is 19.4. The van der Waals surface area contributed by atoms with Crippen molar-refractivity contribution in [1.29, 1.82) is 0 Å². The van der Waals surface area contributed by atoms with Crippen LogP contribution in [0, 0.1) is 5.82 Å². The molecular formula is C21H22F4N4O3. The number of aliphatic carboxylic acids is 1. The first kappa shape index (κ1) is 24.8. The van der Waals surface area contributed by atoms with Gasteiger partial charge in [0, 0.05) is 24.3 Å². The summed E-state index contributed by atoms with van der Waals surface area (Å²) in [6, 6.07) is 13.8. The number of nitrogens with two attached hydrogens (primary N) is 1. The summed E-state index contributed by atoms with van der Waals surface area (Å²) in [5, 5.41) is 17.6. The molecule has 0 bridgehead atoms. The first-order valence-electron chi connectivity index (χ1n) is 9.38. The van der Waals surface area contributed by atoms with Gasteiger partial charge in [0.25, 0.3) is 0 Å². The summed E-state index contributed by atoms with van der Waals surface area (Å²) in [5.74, 6) is -1.77. The van der Waals surface area contributed by atoms with Gasteiger partial charge in [-0.1, -0.05) is 0 Å². The minimum absolute atomic E-state index is 0.206. The minimum atomic E-state index is -5.08. The van der Waals surface area contributed by atoms with E-state index in [1.54, 1.807) is 12.1 Å². The van der Waals surface area contributed by atoms with Crippen molar-refractivity contribution in [3.8, 4) is 22.8 Å². The Kier molecular flexibility index (Phi) is 8.73. The fourth-order valence-electron chi connectivity index (χ4n) is 2.61. The number of H-pyrrole nitrogens is 1. The number of aromatic amines is 1. The Morgan fingerprint density at radius 2 is 1.69 bits per heavy atom. The van der Waals surface area contributed by atoms with Gasteiger partial charge in [0.05, 0.1) is 5.69 Å². The van der Waals surface area contributed by atoms with Crippen molar-refractivity contribution in [2.75, 3.05) is 13.6 Å². The quantitative estimate of drug-likeness (QED) is 0.405. The van der Waals surface area contributed by atoms with Crippen LogP contribution in [-0.2, 0) is 11.2 Å². The van der Waals surface area contributed by atoms with Crippen molar-refractivity contribution in [3.63, 3.8) is 0 Å². The van der Waals surface area contributed by atoms with Gasteiger partial charge in [-0.3, -0.25) is 5.10 Å². The maximum absolute atomic E-state index is 12.9. The molecule has 32 heavy (non-hydrogen) atoms. The summed E-state index contributed by atoms with van der Waals surface area (Å²) in [6.07, 6.45) is -2.38.